The highest BCUT2D eigenvalue weighted by Crippen LogP contribution is 2.40. The molecule has 196 valence electrons. The second-order valence-corrected chi connectivity index (χ2v) is 10.3. The van der Waals surface area contributed by atoms with Crippen LogP contribution in [0.15, 0.2) is 60.7 Å². The Morgan fingerprint density at radius 2 is 1.42 bits per heavy atom. The van der Waals surface area contributed by atoms with Crippen molar-refractivity contribution in [2.24, 2.45) is 0 Å². The molecule has 1 saturated heterocycles. The lowest BCUT2D eigenvalue weighted by Gasteiger charge is -2.46. The van der Waals surface area contributed by atoms with E-state index in [0.29, 0.717) is 0 Å². The van der Waals surface area contributed by atoms with Crippen molar-refractivity contribution in [1.82, 2.24) is 5.32 Å². The number of nitrogens with one attached hydrogen (secondary N) is 1. The Labute approximate surface area is 210 Å². The standard InChI is InChI=1S/C25H32NO9P/c1-17(27)26-23-22(16-36(29,30)31)35-21(15-32-18(2)28)24(33-13-19-9-5-3-6-10-19)25(23)34-14-20-11-7-4-8-12-20/h3-12,21-25H,13-16H2,1-2H3,(H,26,27)(H2,29,30,31)/t21?,22-,23?,24+,25+/m1/s1. The van der Waals surface area contributed by atoms with Gasteiger partial charge in [-0.1, -0.05) is 60.7 Å². The van der Waals surface area contributed by atoms with Gasteiger partial charge in [-0.15, -0.1) is 0 Å². The molecule has 10 nitrogen and oxygen atoms in total. The fraction of sp³-hybridized carbons (Fsp3) is 0.440. The number of ether oxygens (including phenoxy) is 4. The summed E-state index contributed by atoms with van der Waals surface area (Å²) in [7, 11) is -4.55. The number of carbonyl (C=O) groups is 2. The fourth-order valence-electron chi connectivity index (χ4n) is 4.08. The van der Waals surface area contributed by atoms with Gasteiger partial charge in [-0.05, 0) is 11.1 Å². The van der Waals surface area contributed by atoms with Crippen molar-refractivity contribution in [3.05, 3.63) is 71.8 Å². The molecule has 0 spiro atoms. The molecule has 0 radical (unpaired) electrons. The zero-order valence-electron chi connectivity index (χ0n) is 20.2. The first-order chi connectivity index (χ1) is 17.1. The number of amides is 1. The summed E-state index contributed by atoms with van der Waals surface area (Å²) >= 11 is 0. The zero-order chi connectivity index (χ0) is 26.1. The fourth-order valence-corrected chi connectivity index (χ4v) is 4.86. The normalized spacial score (nSPS) is 24.2. The van der Waals surface area contributed by atoms with Crippen LogP contribution in [0.3, 0.4) is 0 Å². The van der Waals surface area contributed by atoms with Gasteiger partial charge < -0.3 is 34.1 Å². The van der Waals surface area contributed by atoms with Crippen LogP contribution in [0.2, 0.25) is 0 Å². The largest absolute Gasteiger partial charge is 0.463 e. The van der Waals surface area contributed by atoms with Gasteiger partial charge in [-0.25, -0.2) is 0 Å². The summed E-state index contributed by atoms with van der Waals surface area (Å²) < 4.78 is 35.6. The van der Waals surface area contributed by atoms with E-state index in [2.05, 4.69) is 5.32 Å². The van der Waals surface area contributed by atoms with Gasteiger partial charge in [0.15, 0.2) is 0 Å². The summed E-state index contributed by atoms with van der Waals surface area (Å²) in [5.74, 6) is -0.967. The maximum Gasteiger partial charge on any atom is 0.328 e. The van der Waals surface area contributed by atoms with Crippen LogP contribution in [0.4, 0.5) is 0 Å². The van der Waals surface area contributed by atoms with E-state index in [1.165, 1.54) is 13.8 Å². The summed E-state index contributed by atoms with van der Waals surface area (Å²) in [6.07, 6.45) is -4.39. The second-order valence-electron chi connectivity index (χ2n) is 8.61. The molecule has 36 heavy (non-hydrogen) atoms. The van der Waals surface area contributed by atoms with Crippen LogP contribution >= 0.6 is 7.60 Å². The van der Waals surface area contributed by atoms with Gasteiger partial charge in [-0.3, -0.25) is 14.2 Å². The Kier molecular flexibility index (Phi) is 10.2. The van der Waals surface area contributed by atoms with Crippen LogP contribution < -0.4 is 5.32 Å². The van der Waals surface area contributed by atoms with Crippen molar-refractivity contribution in [2.45, 2.75) is 57.5 Å². The van der Waals surface area contributed by atoms with Gasteiger partial charge in [0.05, 0.1) is 31.5 Å². The molecule has 11 heteroatoms. The van der Waals surface area contributed by atoms with E-state index in [0.717, 1.165) is 11.1 Å². The minimum Gasteiger partial charge on any atom is -0.463 e. The molecule has 1 amide bonds. The monoisotopic (exact) mass is 521 g/mol. The molecule has 5 atom stereocenters. The van der Waals surface area contributed by atoms with Crippen molar-refractivity contribution in [3.8, 4) is 0 Å². The number of esters is 1. The van der Waals surface area contributed by atoms with E-state index in [-0.39, 0.29) is 19.8 Å². The van der Waals surface area contributed by atoms with E-state index >= 15 is 0 Å². The van der Waals surface area contributed by atoms with Crippen LogP contribution in [0, 0.1) is 0 Å². The maximum absolute atomic E-state index is 12.1. The van der Waals surface area contributed by atoms with Crippen LogP contribution in [0.25, 0.3) is 0 Å². The minimum absolute atomic E-state index is 0.149. The summed E-state index contributed by atoms with van der Waals surface area (Å²) in [6.45, 7) is 2.65. The molecule has 1 heterocycles. The lowest BCUT2D eigenvalue weighted by molar-refractivity contribution is -0.227. The number of carbonyl (C=O) groups excluding carboxylic acids is 2. The number of rotatable bonds is 11. The van der Waals surface area contributed by atoms with Crippen molar-refractivity contribution in [1.29, 1.82) is 0 Å². The Morgan fingerprint density at radius 1 is 0.889 bits per heavy atom. The van der Waals surface area contributed by atoms with Crippen LogP contribution in [-0.2, 0) is 46.3 Å². The lowest BCUT2D eigenvalue weighted by atomic mass is 9.92. The molecule has 1 aliphatic heterocycles. The molecule has 2 aromatic rings. The zero-order valence-corrected chi connectivity index (χ0v) is 21.1. The highest BCUT2D eigenvalue weighted by Gasteiger charge is 2.49. The van der Waals surface area contributed by atoms with Crippen molar-refractivity contribution >= 4 is 19.5 Å². The van der Waals surface area contributed by atoms with Gasteiger partial charge in [0, 0.05) is 13.8 Å². The molecule has 3 rings (SSSR count). The van der Waals surface area contributed by atoms with Crippen LogP contribution in [0.5, 0.6) is 0 Å². The third-order valence-electron chi connectivity index (χ3n) is 5.60. The Bertz CT molecular complexity index is 1030. The molecule has 1 fully saturated rings. The molecule has 0 bridgehead atoms. The molecule has 2 aromatic carbocycles. The predicted octanol–water partition coefficient (Wildman–Crippen LogP) is 2.17. The first-order valence-electron chi connectivity index (χ1n) is 11.5. The van der Waals surface area contributed by atoms with Gasteiger partial charge in [-0.2, -0.15) is 0 Å². The summed E-state index contributed by atoms with van der Waals surface area (Å²) in [5.41, 5.74) is 1.73. The molecular formula is C25H32NO9P. The van der Waals surface area contributed by atoms with Gasteiger partial charge >= 0.3 is 13.6 Å². The molecule has 0 aliphatic carbocycles. The van der Waals surface area contributed by atoms with Gasteiger partial charge in [0.1, 0.15) is 24.9 Å². The molecular weight excluding hydrogens is 489 g/mol. The van der Waals surface area contributed by atoms with E-state index in [1.54, 1.807) is 0 Å². The predicted molar refractivity (Wildman–Crippen MR) is 130 cm³/mol. The quantitative estimate of drug-likeness (QED) is 0.300. The lowest BCUT2D eigenvalue weighted by Crippen LogP contribution is -2.66. The number of benzene rings is 2. The smallest absolute Gasteiger partial charge is 0.328 e. The average Bonchev–Trinajstić information content (AvgIpc) is 2.82. The van der Waals surface area contributed by atoms with Gasteiger partial charge in [0.2, 0.25) is 5.91 Å². The molecule has 0 saturated carbocycles. The highest BCUT2D eigenvalue weighted by atomic mass is 31.2. The number of hydrogen-bond donors (Lipinski definition) is 3. The van der Waals surface area contributed by atoms with Crippen molar-refractivity contribution in [2.75, 3.05) is 12.8 Å². The van der Waals surface area contributed by atoms with Crippen LogP contribution in [0.1, 0.15) is 25.0 Å². The van der Waals surface area contributed by atoms with E-state index < -0.39 is 56.1 Å². The van der Waals surface area contributed by atoms with Gasteiger partial charge in [0.25, 0.3) is 0 Å². The van der Waals surface area contributed by atoms with E-state index in [4.69, 9.17) is 18.9 Å². The SMILES string of the molecule is CC(=O)NC1[C@@H](CP(=O)(O)O)OC(COC(C)=O)[C@H](OCc2ccccc2)[C@H]1OCc1ccccc1. The molecule has 2 unspecified atom stereocenters. The Balaban J connectivity index is 1.95. The van der Waals surface area contributed by atoms with Crippen molar-refractivity contribution < 1.29 is 42.9 Å². The first kappa shape index (κ1) is 28.0. The third-order valence-corrected chi connectivity index (χ3v) is 6.44. The minimum atomic E-state index is -4.55. The summed E-state index contributed by atoms with van der Waals surface area (Å²) in [5, 5.41) is 2.73. The number of hydrogen-bond acceptors (Lipinski definition) is 7. The van der Waals surface area contributed by atoms with E-state index in [1.807, 2.05) is 60.7 Å². The van der Waals surface area contributed by atoms with E-state index in [9.17, 15) is 23.9 Å². The molecule has 0 aromatic heterocycles. The first-order valence-corrected chi connectivity index (χ1v) is 13.3. The Hall–Kier alpha value is -2.59. The average molecular weight is 522 g/mol. The molecule has 3 N–H and O–H groups in total. The topological polar surface area (TPSA) is 141 Å². The highest BCUT2D eigenvalue weighted by molar-refractivity contribution is 7.51. The Morgan fingerprint density at radius 3 is 1.89 bits per heavy atom. The van der Waals surface area contributed by atoms with Crippen molar-refractivity contribution in [3.63, 3.8) is 0 Å². The molecule has 1 aliphatic rings. The maximum atomic E-state index is 12.1. The second kappa shape index (κ2) is 13.1. The van der Waals surface area contributed by atoms with Crippen LogP contribution in [-0.4, -0.2) is 64.9 Å². The summed E-state index contributed by atoms with van der Waals surface area (Å²) in [6, 6.07) is 17.8. The third kappa shape index (κ3) is 8.81. The summed E-state index contributed by atoms with van der Waals surface area (Å²) in [4.78, 5) is 43.1.